The van der Waals surface area contributed by atoms with E-state index in [1.807, 2.05) is 0 Å². The fourth-order valence-electron chi connectivity index (χ4n) is 0.581. The number of carbonyl (C=O) groups excluding carboxylic acids is 1. The van der Waals surface area contributed by atoms with Crippen LogP contribution in [-0.2, 0) is 4.79 Å². The number of carbonyl (C=O) groups is 1. The van der Waals surface area contributed by atoms with Gasteiger partial charge < -0.3 is 16.5 Å². The quantitative estimate of drug-likeness (QED) is 0.647. The van der Waals surface area contributed by atoms with Crippen LogP contribution < -0.4 is 11.1 Å². The molecule has 0 spiro atoms. The monoisotopic (exact) mass is 317 g/mol. The molecule has 0 heterocycles. The Kier molecular flexibility index (Phi) is 29.7. The van der Waals surface area contributed by atoms with E-state index in [0.717, 1.165) is 18.4 Å². The minimum Gasteiger partial charge on any atom is -0.370 e. The Balaban J connectivity index is -0.000000107. The van der Waals surface area contributed by atoms with Crippen molar-refractivity contribution in [2.24, 2.45) is 17.6 Å². The second-order valence-electron chi connectivity index (χ2n) is 6.52. The van der Waals surface area contributed by atoms with Gasteiger partial charge in [0.15, 0.2) is 0 Å². The van der Waals surface area contributed by atoms with Crippen molar-refractivity contribution in [3.63, 3.8) is 0 Å². The highest BCUT2D eigenvalue weighted by Gasteiger charge is 1.97. The van der Waals surface area contributed by atoms with Gasteiger partial charge >= 0.3 is 0 Å². The molecule has 0 radical (unpaired) electrons. The first-order chi connectivity index (χ1) is 9.90. The number of nitrogens with one attached hydrogen (secondary N) is 2. The molecule has 1 atom stereocenters. The summed E-state index contributed by atoms with van der Waals surface area (Å²) in [6, 6.07) is 0.687. The Hall–Kier alpha value is -0.900. The van der Waals surface area contributed by atoms with Crippen molar-refractivity contribution in [1.82, 2.24) is 5.32 Å². The van der Waals surface area contributed by atoms with E-state index in [-0.39, 0.29) is 5.91 Å². The molecule has 1 unspecified atom stereocenters. The fourth-order valence-corrected chi connectivity index (χ4v) is 0.581. The topological polar surface area (TPSA) is 79.0 Å². The lowest BCUT2D eigenvalue weighted by molar-refractivity contribution is -0.115. The van der Waals surface area contributed by atoms with Crippen molar-refractivity contribution >= 4 is 11.6 Å². The summed E-state index contributed by atoms with van der Waals surface area (Å²) in [6.45, 7) is 21.5. The average Bonchev–Trinajstić information content (AvgIpc) is 2.35. The van der Waals surface area contributed by atoms with Crippen LogP contribution in [0.15, 0.2) is 0 Å². The Bertz CT molecular complexity index is 218. The van der Waals surface area contributed by atoms with Crippen LogP contribution in [0.1, 0.15) is 82.1 Å². The first kappa shape index (κ1) is 29.2. The van der Waals surface area contributed by atoms with Crippen LogP contribution in [0.2, 0.25) is 0 Å². The zero-order valence-corrected chi connectivity index (χ0v) is 16.8. The van der Waals surface area contributed by atoms with Crippen LogP contribution in [0, 0.1) is 17.2 Å². The van der Waals surface area contributed by atoms with E-state index in [2.05, 4.69) is 59.5 Å². The van der Waals surface area contributed by atoms with Gasteiger partial charge in [0.2, 0.25) is 5.91 Å². The van der Waals surface area contributed by atoms with Crippen molar-refractivity contribution in [3.8, 4) is 0 Å². The molecule has 0 aromatic carbocycles. The second kappa shape index (κ2) is 22.4. The standard InChI is InChI=1S/C8H19N.C5H12.C3H7N.C2H5NO/c1-5-8(4)9-6-7(2)3;1-4-5(2)3;1-3(2)4;1-2(3)4/h7-9H,5-6H2,1-4H3;5H,4H2,1-3H3;4H,1-2H3;1H3,(H2,3,4). The summed E-state index contributed by atoms with van der Waals surface area (Å²) >= 11 is 0. The third-order valence-electron chi connectivity index (χ3n) is 2.30. The number of nitrogens with two attached hydrogens (primary N) is 1. The molecule has 0 saturated carbocycles. The molecule has 0 rings (SSSR count). The highest BCUT2D eigenvalue weighted by atomic mass is 16.1. The van der Waals surface area contributed by atoms with E-state index in [4.69, 9.17) is 5.41 Å². The van der Waals surface area contributed by atoms with Crippen LogP contribution in [0.3, 0.4) is 0 Å². The largest absolute Gasteiger partial charge is 0.370 e. The van der Waals surface area contributed by atoms with Gasteiger partial charge in [0.25, 0.3) is 0 Å². The molecular weight excluding hydrogens is 274 g/mol. The molecule has 0 aromatic rings. The van der Waals surface area contributed by atoms with Crippen molar-refractivity contribution < 1.29 is 4.79 Å². The third kappa shape index (κ3) is 95.4. The maximum Gasteiger partial charge on any atom is 0.214 e. The van der Waals surface area contributed by atoms with Crippen molar-refractivity contribution in [2.75, 3.05) is 6.54 Å². The van der Waals surface area contributed by atoms with Gasteiger partial charge in [0.1, 0.15) is 0 Å². The van der Waals surface area contributed by atoms with E-state index in [0.29, 0.717) is 11.8 Å². The Labute approximate surface area is 140 Å². The maximum atomic E-state index is 9.22. The average molecular weight is 318 g/mol. The van der Waals surface area contributed by atoms with Crippen LogP contribution in [0.4, 0.5) is 0 Å². The van der Waals surface area contributed by atoms with Gasteiger partial charge in [-0.05, 0) is 45.6 Å². The number of hydrogen-bond donors (Lipinski definition) is 3. The van der Waals surface area contributed by atoms with E-state index in [1.54, 1.807) is 13.8 Å². The van der Waals surface area contributed by atoms with Crippen LogP contribution >= 0.6 is 0 Å². The SMILES string of the molecule is CC(C)=N.CC(N)=O.CCC(C)C.CCC(C)NCC(C)C. The van der Waals surface area contributed by atoms with E-state index < -0.39 is 0 Å². The predicted molar refractivity (Wildman–Crippen MR) is 102 cm³/mol. The summed E-state index contributed by atoms with van der Waals surface area (Å²) in [5.41, 5.74) is 5.14. The summed E-state index contributed by atoms with van der Waals surface area (Å²) in [4.78, 5) is 9.22. The first-order valence-electron chi connectivity index (χ1n) is 8.41. The molecule has 0 aliphatic carbocycles. The zero-order chi connectivity index (χ0) is 18.7. The Morgan fingerprint density at radius 2 is 1.23 bits per heavy atom. The molecule has 4 N–H and O–H groups in total. The number of amides is 1. The minimum atomic E-state index is -0.333. The Morgan fingerprint density at radius 1 is 0.955 bits per heavy atom. The van der Waals surface area contributed by atoms with Crippen molar-refractivity contribution in [3.05, 3.63) is 0 Å². The van der Waals surface area contributed by atoms with Crippen LogP contribution in [-0.4, -0.2) is 24.2 Å². The van der Waals surface area contributed by atoms with Gasteiger partial charge in [0, 0.05) is 18.7 Å². The van der Waals surface area contributed by atoms with E-state index in [9.17, 15) is 4.79 Å². The third-order valence-corrected chi connectivity index (χ3v) is 2.30. The van der Waals surface area contributed by atoms with Gasteiger partial charge in [-0.2, -0.15) is 0 Å². The molecule has 22 heavy (non-hydrogen) atoms. The van der Waals surface area contributed by atoms with Crippen LogP contribution in [0.5, 0.6) is 0 Å². The van der Waals surface area contributed by atoms with Crippen LogP contribution in [0.25, 0.3) is 0 Å². The molecule has 0 saturated heterocycles. The lowest BCUT2D eigenvalue weighted by atomic mass is 10.2. The zero-order valence-electron chi connectivity index (χ0n) is 16.8. The molecule has 0 aliphatic heterocycles. The molecule has 0 aromatic heterocycles. The van der Waals surface area contributed by atoms with Gasteiger partial charge in [-0.3, -0.25) is 4.79 Å². The summed E-state index contributed by atoms with van der Waals surface area (Å²) in [7, 11) is 0. The highest BCUT2D eigenvalue weighted by molar-refractivity contribution is 5.75. The normalized spacial score (nSPS) is 10.4. The fraction of sp³-hybridized carbons (Fsp3) is 0.889. The number of rotatable bonds is 5. The molecule has 1 amide bonds. The van der Waals surface area contributed by atoms with Gasteiger partial charge in [-0.1, -0.05) is 48.0 Å². The molecule has 136 valence electrons. The molecule has 0 bridgehead atoms. The van der Waals surface area contributed by atoms with Gasteiger partial charge in [0.05, 0.1) is 0 Å². The second-order valence-corrected chi connectivity index (χ2v) is 6.52. The smallest absolute Gasteiger partial charge is 0.214 e. The molecule has 0 fully saturated rings. The molecular formula is C18H43N3O. The maximum absolute atomic E-state index is 9.22. The van der Waals surface area contributed by atoms with Crippen molar-refractivity contribution in [1.29, 1.82) is 5.41 Å². The predicted octanol–water partition coefficient (Wildman–Crippen LogP) is 4.62. The highest BCUT2D eigenvalue weighted by Crippen LogP contribution is 1.94. The summed E-state index contributed by atoms with van der Waals surface area (Å²) < 4.78 is 0. The minimum absolute atomic E-state index is 0.333. The summed E-state index contributed by atoms with van der Waals surface area (Å²) in [5, 5.41) is 9.93. The van der Waals surface area contributed by atoms with Gasteiger partial charge in [-0.25, -0.2) is 0 Å². The molecule has 4 heteroatoms. The lowest BCUT2D eigenvalue weighted by Gasteiger charge is -2.12. The number of hydrogen-bond acceptors (Lipinski definition) is 3. The van der Waals surface area contributed by atoms with E-state index >= 15 is 0 Å². The van der Waals surface area contributed by atoms with Crippen molar-refractivity contribution in [2.45, 2.75) is 88.1 Å². The lowest BCUT2D eigenvalue weighted by Crippen LogP contribution is -2.28. The first-order valence-corrected chi connectivity index (χ1v) is 8.41. The number of primary amides is 1. The Morgan fingerprint density at radius 3 is 1.36 bits per heavy atom. The summed E-state index contributed by atoms with van der Waals surface area (Å²) in [5.74, 6) is 1.33. The van der Waals surface area contributed by atoms with Gasteiger partial charge in [-0.15, -0.1) is 0 Å². The molecule has 4 nitrogen and oxygen atoms in total. The van der Waals surface area contributed by atoms with E-state index in [1.165, 1.54) is 19.8 Å². The molecule has 0 aliphatic rings. The summed E-state index contributed by atoms with van der Waals surface area (Å²) in [6.07, 6.45) is 2.53.